The molecule has 1 aromatic heterocycles. The van der Waals surface area contributed by atoms with Crippen LogP contribution >= 0.6 is 24.0 Å². The number of halogens is 1. The zero-order chi connectivity index (χ0) is 19.6. The molecular formula is C23H30IN5. The number of hydrogen-bond acceptors (Lipinski definition) is 2. The summed E-state index contributed by atoms with van der Waals surface area (Å²) in [5.41, 5.74) is 2.55. The average Bonchev–Trinajstić information content (AvgIpc) is 3.15. The predicted octanol–water partition coefficient (Wildman–Crippen LogP) is 4.19. The Bertz CT molecular complexity index is 861. The average molecular weight is 503 g/mol. The van der Waals surface area contributed by atoms with E-state index in [2.05, 4.69) is 82.3 Å². The first-order valence-corrected chi connectivity index (χ1v) is 9.83. The van der Waals surface area contributed by atoms with Gasteiger partial charge in [0.2, 0.25) is 0 Å². The molecule has 2 aromatic carbocycles. The number of nitrogens with zero attached hydrogens (tertiary/aromatic N) is 4. The van der Waals surface area contributed by atoms with Crippen molar-refractivity contribution in [3.8, 4) is 0 Å². The smallest absolute Gasteiger partial charge is 0.193 e. The van der Waals surface area contributed by atoms with Crippen LogP contribution in [0.2, 0.25) is 0 Å². The van der Waals surface area contributed by atoms with E-state index in [4.69, 9.17) is 4.99 Å². The molecule has 0 amide bonds. The highest BCUT2D eigenvalue weighted by Gasteiger charge is 2.07. The minimum Gasteiger partial charge on any atom is -0.357 e. The van der Waals surface area contributed by atoms with Crippen molar-refractivity contribution in [3.63, 3.8) is 0 Å². The van der Waals surface area contributed by atoms with Crippen LogP contribution in [0, 0.1) is 0 Å². The molecule has 0 aliphatic rings. The van der Waals surface area contributed by atoms with Crippen LogP contribution in [0.1, 0.15) is 23.9 Å². The van der Waals surface area contributed by atoms with Crippen LogP contribution in [0.15, 0.2) is 78.0 Å². The van der Waals surface area contributed by atoms with Crippen LogP contribution in [-0.4, -0.2) is 40.5 Å². The Kier molecular flexibility index (Phi) is 9.70. The maximum Gasteiger partial charge on any atom is 0.193 e. The summed E-state index contributed by atoms with van der Waals surface area (Å²) < 4.78 is 2.20. The maximum atomic E-state index is 4.81. The highest BCUT2D eigenvalue weighted by atomic mass is 127. The van der Waals surface area contributed by atoms with E-state index >= 15 is 0 Å². The summed E-state index contributed by atoms with van der Waals surface area (Å²) in [6.07, 6.45) is 4.72. The van der Waals surface area contributed by atoms with Crippen LogP contribution in [-0.2, 0) is 19.5 Å². The Hall–Kier alpha value is -2.35. The van der Waals surface area contributed by atoms with Gasteiger partial charge in [-0.25, -0.2) is 4.98 Å². The number of hydrogen-bond donors (Lipinski definition) is 1. The van der Waals surface area contributed by atoms with E-state index in [0.29, 0.717) is 6.54 Å². The van der Waals surface area contributed by atoms with Crippen molar-refractivity contribution >= 4 is 29.9 Å². The minimum atomic E-state index is 0. The van der Waals surface area contributed by atoms with E-state index in [-0.39, 0.29) is 24.0 Å². The Morgan fingerprint density at radius 1 is 1.03 bits per heavy atom. The molecule has 1 heterocycles. The minimum absolute atomic E-state index is 0. The summed E-state index contributed by atoms with van der Waals surface area (Å²) >= 11 is 0. The Balaban J connectivity index is 0.00000300. The second-order valence-corrected chi connectivity index (χ2v) is 6.78. The normalized spacial score (nSPS) is 11.0. The van der Waals surface area contributed by atoms with E-state index < -0.39 is 0 Å². The Labute approximate surface area is 190 Å². The van der Waals surface area contributed by atoms with Gasteiger partial charge >= 0.3 is 0 Å². The fourth-order valence-electron chi connectivity index (χ4n) is 3.16. The topological polar surface area (TPSA) is 45.5 Å². The van der Waals surface area contributed by atoms with Gasteiger partial charge in [0.15, 0.2) is 5.96 Å². The van der Waals surface area contributed by atoms with Gasteiger partial charge in [0.1, 0.15) is 5.82 Å². The third-order valence-electron chi connectivity index (χ3n) is 4.55. The standard InChI is InChI=1S/C23H29N5.HI/c1-3-24-23(27(2)18-20-10-6-4-7-11-20)26-15-14-22-25-16-17-28(22)19-21-12-8-5-9-13-21;/h4-13,16-17H,3,14-15,18-19H2,1-2H3,(H,24,26);1H. The van der Waals surface area contributed by atoms with E-state index in [9.17, 15) is 0 Å². The summed E-state index contributed by atoms with van der Waals surface area (Å²) in [6, 6.07) is 20.9. The monoisotopic (exact) mass is 503 g/mol. The van der Waals surface area contributed by atoms with Gasteiger partial charge in [-0.15, -0.1) is 24.0 Å². The second-order valence-electron chi connectivity index (χ2n) is 6.78. The van der Waals surface area contributed by atoms with E-state index in [1.54, 1.807) is 0 Å². The van der Waals surface area contributed by atoms with Crippen molar-refractivity contribution in [2.75, 3.05) is 20.1 Å². The lowest BCUT2D eigenvalue weighted by Crippen LogP contribution is -2.38. The van der Waals surface area contributed by atoms with Gasteiger partial charge in [-0.3, -0.25) is 4.99 Å². The lowest BCUT2D eigenvalue weighted by Gasteiger charge is -2.22. The van der Waals surface area contributed by atoms with Gasteiger partial charge in [-0.1, -0.05) is 60.7 Å². The third-order valence-corrected chi connectivity index (χ3v) is 4.55. The molecule has 0 radical (unpaired) electrons. The molecule has 3 aromatic rings. The van der Waals surface area contributed by atoms with Gasteiger partial charge in [0.05, 0.1) is 0 Å². The molecule has 0 aliphatic carbocycles. The zero-order valence-corrected chi connectivity index (χ0v) is 19.5. The summed E-state index contributed by atoms with van der Waals surface area (Å²) in [5, 5.41) is 3.39. The quantitative estimate of drug-likeness (QED) is 0.285. The Morgan fingerprint density at radius 2 is 1.69 bits per heavy atom. The molecule has 0 saturated heterocycles. The first-order chi connectivity index (χ1) is 13.8. The van der Waals surface area contributed by atoms with Crippen LogP contribution < -0.4 is 5.32 Å². The number of guanidine groups is 1. The fourth-order valence-corrected chi connectivity index (χ4v) is 3.16. The summed E-state index contributed by atoms with van der Waals surface area (Å²) in [5.74, 6) is 1.99. The molecule has 0 fully saturated rings. The van der Waals surface area contributed by atoms with Crippen LogP contribution in [0.25, 0.3) is 0 Å². The molecule has 6 heteroatoms. The number of nitrogens with one attached hydrogen (secondary N) is 1. The third kappa shape index (κ3) is 7.20. The molecule has 1 N–H and O–H groups in total. The molecule has 29 heavy (non-hydrogen) atoms. The van der Waals surface area contributed by atoms with Crippen molar-refractivity contribution in [2.45, 2.75) is 26.4 Å². The summed E-state index contributed by atoms with van der Waals surface area (Å²) in [7, 11) is 2.07. The highest BCUT2D eigenvalue weighted by Crippen LogP contribution is 2.07. The first kappa shape index (κ1) is 22.9. The van der Waals surface area contributed by atoms with Crippen LogP contribution in [0.5, 0.6) is 0 Å². The molecule has 0 unspecified atom stereocenters. The van der Waals surface area contributed by atoms with Crippen molar-refractivity contribution in [3.05, 3.63) is 90.0 Å². The van der Waals surface area contributed by atoms with Crippen LogP contribution in [0.3, 0.4) is 0 Å². The van der Waals surface area contributed by atoms with E-state index in [0.717, 1.165) is 37.8 Å². The van der Waals surface area contributed by atoms with Crippen LogP contribution in [0.4, 0.5) is 0 Å². The molecule has 0 aliphatic heterocycles. The molecule has 0 saturated carbocycles. The van der Waals surface area contributed by atoms with Crippen molar-refractivity contribution in [1.29, 1.82) is 0 Å². The summed E-state index contributed by atoms with van der Waals surface area (Å²) in [4.78, 5) is 11.5. The Morgan fingerprint density at radius 3 is 2.34 bits per heavy atom. The number of rotatable bonds is 8. The fraction of sp³-hybridized carbons (Fsp3) is 0.304. The van der Waals surface area contributed by atoms with E-state index in [1.165, 1.54) is 11.1 Å². The van der Waals surface area contributed by atoms with Gasteiger partial charge in [-0.05, 0) is 18.1 Å². The lowest BCUT2D eigenvalue weighted by molar-refractivity contribution is 0.476. The first-order valence-electron chi connectivity index (χ1n) is 9.83. The number of aromatic nitrogens is 2. The molecule has 5 nitrogen and oxygen atoms in total. The van der Waals surface area contributed by atoms with Crippen molar-refractivity contribution in [2.24, 2.45) is 4.99 Å². The number of imidazole rings is 1. The molecule has 3 rings (SSSR count). The zero-order valence-electron chi connectivity index (χ0n) is 17.2. The number of aliphatic imine (C=N–C) groups is 1. The van der Waals surface area contributed by atoms with Crippen molar-refractivity contribution in [1.82, 2.24) is 19.8 Å². The lowest BCUT2D eigenvalue weighted by atomic mass is 10.2. The van der Waals surface area contributed by atoms with Gasteiger partial charge in [0.25, 0.3) is 0 Å². The maximum absolute atomic E-state index is 4.81. The van der Waals surface area contributed by atoms with Gasteiger partial charge in [0, 0.05) is 52.0 Å². The number of benzene rings is 2. The molecule has 0 spiro atoms. The molecule has 0 bridgehead atoms. The highest BCUT2D eigenvalue weighted by molar-refractivity contribution is 14.0. The molecule has 0 atom stereocenters. The second kappa shape index (κ2) is 12.3. The van der Waals surface area contributed by atoms with Gasteiger partial charge in [-0.2, -0.15) is 0 Å². The van der Waals surface area contributed by atoms with Crippen molar-refractivity contribution < 1.29 is 0 Å². The predicted molar refractivity (Wildman–Crippen MR) is 131 cm³/mol. The molecular weight excluding hydrogens is 473 g/mol. The van der Waals surface area contributed by atoms with Gasteiger partial charge < -0.3 is 14.8 Å². The van der Waals surface area contributed by atoms with E-state index in [1.807, 2.05) is 24.5 Å². The SMILES string of the molecule is CCNC(=NCCc1nccn1Cc1ccccc1)N(C)Cc1ccccc1.I. The summed E-state index contributed by atoms with van der Waals surface area (Å²) in [6.45, 7) is 5.31. The molecule has 154 valence electrons. The largest absolute Gasteiger partial charge is 0.357 e.